The van der Waals surface area contributed by atoms with Crippen molar-refractivity contribution in [1.82, 2.24) is 9.55 Å². The lowest BCUT2D eigenvalue weighted by Crippen LogP contribution is -2.38. The van der Waals surface area contributed by atoms with E-state index in [0.717, 1.165) is 12.0 Å². The Balaban J connectivity index is 2.15. The predicted octanol–water partition coefficient (Wildman–Crippen LogP) is 2.35. The first-order valence-electron chi connectivity index (χ1n) is 6.52. The van der Waals surface area contributed by atoms with Gasteiger partial charge in [-0.25, -0.2) is 9.78 Å². The molecule has 1 saturated heterocycles. The summed E-state index contributed by atoms with van der Waals surface area (Å²) < 4.78 is 7.38. The fourth-order valence-electron chi connectivity index (χ4n) is 2.73. The monoisotopic (exact) mass is 256 g/mol. The number of imidazole rings is 1. The number of esters is 1. The molecule has 4 heteroatoms. The molecule has 0 aliphatic carbocycles. The van der Waals surface area contributed by atoms with Crippen LogP contribution >= 0.6 is 0 Å². The number of aromatic nitrogens is 2. The second-order valence-electron chi connectivity index (χ2n) is 4.84. The third kappa shape index (κ3) is 1.75. The summed E-state index contributed by atoms with van der Waals surface area (Å²) in [6.45, 7) is 2.03. The van der Waals surface area contributed by atoms with Crippen molar-refractivity contribution in [2.75, 3.05) is 0 Å². The normalized spacial score (nSPS) is 26.4. The molecule has 19 heavy (non-hydrogen) atoms. The summed E-state index contributed by atoms with van der Waals surface area (Å²) in [5, 5.41) is 0. The van der Waals surface area contributed by atoms with Gasteiger partial charge in [0.2, 0.25) is 0 Å². The highest BCUT2D eigenvalue weighted by Gasteiger charge is 2.51. The Morgan fingerprint density at radius 3 is 2.79 bits per heavy atom. The minimum absolute atomic E-state index is 0.0323. The summed E-state index contributed by atoms with van der Waals surface area (Å²) in [4.78, 5) is 16.6. The molecule has 1 fully saturated rings. The number of rotatable bonds is 3. The number of hydrogen-bond acceptors (Lipinski definition) is 3. The van der Waals surface area contributed by atoms with Gasteiger partial charge in [-0.3, -0.25) is 0 Å². The van der Waals surface area contributed by atoms with Crippen molar-refractivity contribution in [3.63, 3.8) is 0 Å². The van der Waals surface area contributed by atoms with Gasteiger partial charge < -0.3 is 9.30 Å². The number of carbonyl (C=O) groups excluding carboxylic acids is 1. The quantitative estimate of drug-likeness (QED) is 0.792. The van der Waals surface area contributed by atoms with Gasteiger partial charge in [0.1, 0.15) is 6.10 Å². The zero-order valence-electron chi connectivity index (χ0n) is 10.8. The van der Waals surface area contributed by atoms with Crippen LogP contribution in [0.2, 0.25) is 0 Å². The lowest BCUT2D eigenvalue weighted by Gasteiger charge is -2.27. The fourth-order valence-corrected chi connectivity index (χ4v) is 2.73. The highest BCUT2D eigenvalue weighted by Crippen LogP contribution is 2.39. The molecule has 2 atom stereocenters. The summed E-state index contributed by atoms with van der Waals surface area (Å²) >= 11 is 0. The van der Waals surface area contributed by atoms with Crippen LogP contribution in [0.25, 0.3) is 0 Å². The fraction of sp³-hybridized carbons (Fsp3) is 0.333. The van der Waals surface area contributed by atoms with Crippen LogP contribution in [0.4, 0.5) is 0 Å². The van der Waals surface area contributed by atoms with E-state index in [-0.39, 0.29) is 12.1 Å². The van der Waals surface area contributed by atoms with E-state index in [1.165, 1.54) is 0 Å². The molecule has 0 amide bonds. The summed E-state index contributed by atoms with van der Waals surface area (Å²) in [6.07, 6.45) is 6.66. The number of carbonyl (C=O) groups is 1. The minimum Gasteiger partial charge on any atom is -0.460 e. The number of cyclic esters (lactones) is 1. The number of benzene rings is 1. The topological polar surface area (TPSA) is 44.1 Å². The Kier molecular flexibility index (Phi) is 2.85. The smallest absolute Gasteiger partial charge is 0.337 e. The number of nitrogens with zero attached hydrogens (tertiary/aromatic N) is 2. The number of hydrogen-bond donors (Lipinski definition) is 0. The summed E-state index contributed by atoms with van der Waals surface area (Å²) in [6, 6.07) is 9.78. The molecule has 0 bridgehead atoms. The molecule has 98 valence electrons. The van der Waals surface area contributed by atoms with E-state index >= 15 is 0 Å². The first kappa shape index (κ1) is 12.0. The second kappa shape index (κ2) is 4.53. The molecule has 1 aliphatic rings. The Bertz CT molecular complexity index is 565. The lowest BCUT2D eigenvalue weighted by atomic mass is 9.86. The van der Waals surface area contributed by atoms with E-state index in [0.29, 0.717) is 6.42 Å². The van der Waals surface area contributed by atoms with Crippen molar-refractivity contribution < 1.29 is 9.53 Å². The molecule has 2 heterocycles. The van der Waals surface area contributed by atoms with E-state index in [9.17, 15) is 4.79 Å². The lowest BCUT2D eigenvalue weighted by molar-refractivity contribution is -0.146. The first-order chi connectivity index (χ1) is 9.27. The van der Waals surface area contributed by atoms with Gasteiger partial charge in [0, 0.05) is 18.8 Å². The van der Waals surface area contributed by atoms with Crippen molar-refractivity contribution in [3.8, 4) is 0 Å². The summed E-state index contributed by atoms with van der Waals surface area (Å²) in [5.41, 5.74) is 0.187. The van der Waals surface area contributed by atoms with Gasteiger partial charge in [-0.05, 0) is 12.0 Å². The van der Waals surface area contributed by atoms with Crippen molar-refractivity contribution in [1.29, 1.82) is 0 Å². The number of ether oxygens (including phenoxy) is 1. The van der Waals surface area contributed by atoms with Gasteiger partial charge in [-0.1, -0.05) is 37.3 Å². The van der Waals surface area contributed by atoms with Gasteiger partial charge in [-0.15, -0.1) is 0 Å². The van der Waals surface area contributed by atoms with Gasteiger partial charge in [-0.2, -0.15) is 0 Å². The van der Waals surface area contributed by atoms with Gasteiger partial charge >= 0.3 is 5.97 Å². The van der Waals surface area contributed by atoms with Gasteiger partial charge in [0.15, 0.2) is 5.54 Å². The maximum Gasteiger partial charge on any atom is 0.337 e. The average Bonchev–Trinajstić information content (AvgIpc) is 3.08. The van der Waals surface area contributed by atoms with Crippen LogP contribution in [0, 0.1) is 0 Å². The van der Waals surface area contributed by atoms with E-state index in [1.54, 1.807) is 12.5 Å². The van der Waals surface area contributed by atoms with Crippen molar-refractivity contribution in [3.05, 3.63) is 54.6 Å². The molecular formula is C15H16N2O2. The van der Waals surface area contributed by atoms with Crippen molar-refractivity contribution in [2.24, 2.45) is 0 Å². The molecule has 1 aliphatic heterocycles. The molecule has 1 aromatic heterocycles. The molecule has 0 radical (unpaired) electrons. The first-order valence-corrected chi connectivity index (χ1v) is 6.52. The summed E-state index contributed by atoms with van der Waals surface area (Å²) in [7, 11) is 0. The van der Waals surface area contributed by atoms with E-state index in [1.807, 2.05) is 48.0 Å². The largest absolute Gasteiger partial charge is 0.460 e. The van der Waals surface area contributed by atoms with Crippen LogP contribution in [0.15, 0.2) is 49.1 Å². The van der Waals surface area contributed by atoms with Crippen LogP contribution in [-0.4, -0.2) is 21.6 Å². The molecule has 2 aromatic rings. The molecule has 3 rings (SSSR count). The second-order valence-corrected chi connectivity index (χ2v) is 4.84. The molecule has 0 N–H and O–H groups in total. The molecule has 0 saturated carbocycles. The highest BCUT2D eigenvalue weighted by molar-refractivity contribution is 5.85. The van der Waals surface area contributed by atoms with Crippen LogP contribution < -0.4 is 0 Å². The Morgan fingerprint density at radius 2 is 2.21 bits per heavy atom. The van der Waals surface area contributed by atoms with Crippen LogP contribution in [0.3, 0.4) is 0 Å². The van der Waals surface area contributed by atoms with Crippen molar-refractivity contribution in [2.45, 2.75) is 31.4 Å². The third-order valence-corrected chi connectivity index (χ3v) is 3.79. The van der Waals surface area contributed by atoms with Gasteiger partial charge in [0.25, 0.3) is 0 Å². The SMILES string of the molecule is CCC1CC(c2ccccc2)(n2ccnc2)C(=O)O1. The molecule has 4 nitrogen and oxygen atoms in total. The average molecular weight is 256 g/mol. The standard InChI is InChI=1S/C15H16N2O2/c1-2-13-10-15(14(18)19-13,17-9-8-16-11-17)12-6-4-3-5-7-12/h3-9,11,13H,2,10H2,1H3. The Hall–Kier alpha value is -2.10. The molecule has 1 aromatic carbocycles. The van der Waals surface area contributed by atoms with Crippen molar-refractivity contribution >= 4 is 5.97 Å². The van der Waals surface area contributed by atoms with E-state index in [4.69, 9.17) is 4.74 Å². The van der Waals surface area contributed by atoms with Gasteiger partial charge in [0.05, 0.1) is 6.33 Å². The minimum atomic E-state index is -0.765. The van der Waals surface area contributed by atoms with Crippen LogP contribution in [-0.2, 0) is 15.1 Å². The van der Waals surface area contributed by atoms with E-state index < -0.39 is 5.54 Å². The summed E-state index contributed by atoms with van der Waals surface area (Å²) in [5.74, 6) is -0.191. The highest BCUT2D eigenvalue weighted by atomic mass is 16.6. The Labute approximate surface area is 112 Å². The maximum atomic E-state index is 12.5. The zero-order valence-corrected chi connectivity index (χ0v) is 10.8. The maximum absolute atomic E-state index is 12.5. The van der Waals surface area contributed by atoms with Crippen LogP contribution in [0.5, 0.6) is 0 Å². The third-order valence-electron chi connectivity index (χ3n) is 3.79. The Morgan fingerprint density at radius 1 is 1.42 bits per heavy atom. The molecule has 2 unspecified atom stereocenters. The molecular weight excluding hydrogens is 240 g/mol. The predicted molar refractivity (Wildman–Crippen MR) is 70.5 cm³/mol. The molecule has 0 spiro atoms. The van der Waals surface area contributed by atoms with Crippen LogP contribution in [0.1, 0.15) is 25.3 Å². The van der Waals surface area contributed by atoms with E-state index in [2.05, 4.69) is 4.98 Å². The zero-order chi connectivity index (χ0) is 13.3.